The van der Waals surface area contributed by atoms with E-state index < -0.39 is 46.8 Å². The number of hydrogen-bond donors (Lipinski definition) is 8. The zero-order chi connectivity index (χ0) is 25.5. The molecule has 0 aromatic rings. The number of aliphatic hydroxyl groups is 4. The Morgan fingerprint density at radius 3 is 1.18 bits per heavy atom. The molecule has 0 heterocycles. The van der Waals surface area contributed by atoms with E-state index >= 15 is 0 Å². The molecule has 0 aromatic heterocycles. The smallest absolute Gasteiger partial charge is 0.303 e. The van der Waals surface area contributed by atoms with E-state index in [0.29, 0.717) is 12.8 Å². The first kappa shape index (κ1) is 36.5. The molecule has 2 radical (unpaired) electrons. The normalized spacial score (nSPS) is 12.8. The van der Waals surface area contributed by atoms with E-state index in [-0.39, 0.29) is 76.9 Å². The average molecular weight is 507 g/mol. The molecule has 0 fully saturated rings. The SMILES string of the molecule is CC(C)(CO)[C@@H](O)C(=O)NCCCC(=O)O.CC(C)(CO)[C@@H](O)C(=O)NCCCC(=O)O.[Ca]. The van der Waals surface area contributed by atoms with Crippen LogP contribution in [0.25, 0.3) is 0 Å². The summed E-state index contributed by atoms with van der Waals surface area (Å²) in [7, 11) is 0. The quantitative estimate of drug-likeness (QED) is 0.0988. The fourth-order valence-electron chi connectivity index (χ4n) is 1.98. The summed E-state index contributed by atoms with van der Waals surface area (Å²) in [6.07, 6.45) is -2.04. The maximum Gasteiger partial charge on any atom is 0.303 e. The number of carboxylic acid groups (broad SMARTS) is 2. The minimum atomic E-state index is -1.30. The molecule has 0 aliphatic carbocycles. The maximum atomic E-state index is 11.4. The first-order chi connectivity index (χ1) is 14.6. The van der Waals surface area contributed by atoms with Gasteiger partial charge in [0.25, 0.3) is 0 Å². The molecule has 0 unspecified atom stereocenters. The molecule has 0 saturated heterocycles. The van der Waals surface area contributed by atoms with Crippen LogP contribution in [0.2, 0.25) is 0 Å². The van der Waals surface area contributed by atoms with Crippen molar-refractivity contribution in [3.63, 3.8) is 0 Å². The molecule has 0 aliphatic heterocycles. The summed E-state index contributed by atoms with van der Waals surface area (Å²) in [5.41, 5.74) is -1.81. The topological polar surface area (TPSA) is 214 Å². The van der Waals surface area contributed by atoms with E-state index in [1.165, 1.54) is 0 Å². The summed E-state index contributed by atoms with van der Waals surface area (Å²) < 4.78 is 0. The van der Waals surface area contributed by atoms with Gasteiger partial charge in [0.05, 0.1) is 13.2 Å². The van der Waals surface area contributed by atoms with Gasteiger partial charge in [-0.1, -0.05) is 27.7 Å². The van der Waals surface area contributed by atoms with Crippen molar-refractivity contribution in [1.29, 1.82) is 0 Å². The van der Waals surface area contributed by atoms with Gasteiger partial charge in [-0.15, -0.1) is 0 Å². The molecule has 0 aromatic carbocycles. The third kappa shape index (κ3) is 17.1. The Morgan fingerprint density at radius 1 is 0.697 bits per heavy atom. The van der Waals surface area contributed by atoms with Gasteiger partial charge in [0.1, 0.15) is 12.2 Å². The molecule has 2 atom stereocenters. The number of amides is 2. The van der Waals surface area contributed by atoms with E-state index in [1.54, 1.807) is 27.7 Å². The number of carbonyl (C=O) groups excluding carboxylic acids is 2. The minimum absolute atomic E-state index is 0. The summed E-state index contributed by atoms with van der Waals surface area (Å²) in [5.74, 6) is -3.04. The second-order valence-corrected chi connectivity index (χ2v) is 8.68. The summed E-state index contributed by atoms with van der Waals surface area (Å²) in [4.78, 5) is 43.1. The predicted octanol–water partition coefficient (Wildman–Crippen LogP) is -1.69. The number of carboxylic acids is 2. The summed E-state index contributed by atoms with van der Waals surface area (Å²) in [6.45, 7) is 6.03. The summed E-state index contributed by atoms with van der Waals surface area (Å²) >= 11 is 0. The van der Waals surface area contributed by atoms with E-state index in [9.17, 15) is 29.4 Å². The van der Waals surface area contributed by atoms with Crippen LogP contribution in [0.15, 0.2) is 0 Å². The molecule has 0 bridgehead atoms. The summed E-state index contributed by atoms with van der Waals surface area (Å²) in [5, 5.41) is 58.6. The monoisotopic (exact) mass is 506 g/mol. The second-order valence-electron chi connectivity index (χ2n) is 8.68. The molecule has 0 spiro atoms. The first-order valence-electron chi connectivity index (χ1n) is 10.2. The standard InChI is InChI=1S/2C10H19NO5.Ca/c2*1-10(2,6-12)8(15)9(16)11-5-3-4-7(13)14;/h2*8,12,15H,3-6H2,1-2H3,(H,11,16)(H,13,14);/t2*8-;/m00./s1. The van der Waals surface area contributed by atoms with Gasteiger partial charge in [0, 0.05) is 74.5 Å². The largest absolute Gasteiger partial charge is 0.481 e. The van der Waals surface area contributed by atoms with Crippen LogP contribution in [-0.2, 0) is 19.2 Å². The average Bonchev–Trinajstić information content (AvgIpc) is 2.72. The number of aliphatic hydroxyl groups excluding tert-OH is 4. The van der Waals surface area contributed by atoms with Crippen molar-refractivity contribution in [1.82, 2.24) is 10.6 Å². The number of carbonyl (C=O) groups is 4. The van der Waals surface area contributed by atoms with E-state index in [4.69, 9.17) is 20.4 Å². The fourth-order valence-corrected chi connectivity index (χ4v) is 1.98. The van der Waals surface area contributed by atoms with Crippen molar-refractivity contribution < 1.29 is 49.8 Å². The first-order valence-corrected chi connectivity index (χ1v) is 10.2. The molecule has 8 N–H and O–H groups in total. The Kier molecular flexibility index (Phi) is 20.3. The Labute approximate surface area is 223 Å². The zero-order valence-corrected chi connectivity index (χ0v) is 22.0. The van der Waals surface area contributed by atoms with Crippen LogP contribution in [0.1, 0.15) is 53.4 Å². The van der Waals surface area contributed by atoms with Gasteiger partial charge in [-0.25, -0.2) is 0 Å². The van der Waals surface area contributed by atoms with E-state index in [0.717, 1.165) is 0 Å². The van der Waals surface area contributed by atoms with Crippen molar-refractivity contribution in [2.45, 2.75) is 65.6 Å². The third-order valence-electron chi connectivity index (χ3n) is 4.53. The second kappa shape index (κ2) is 18.3. The Morgan fingerprint density at radius 2 is 0.970 bits per heavy atom. The van der Waals surface area contributed by atoms with Crippen molar-refractivity contribution in [3.05, 3.63) is 0 Å². The van der Waals surface area contributed by atoms with Crippen molar-refractivity contribution in [3.8, 4) is 0 Å². The van der Waals surface area contributed by atoms with Crippen LogP contribution >= 0.6 is 0 Å². The molecule has 13 heteroatoms. The minimum Gasteiger partial charge on any atom is -0.481 e. The molecule has 0 rings (SSSR count). The molecular formula is C20H38CaN2O10. The van der Waals surface area contributed by atoms with Gasteiger partial charge in [-0.3, -0.25) is 19.2 Å². The Balaban J connectivity index is -0.000000529. The van der Waals surface area contributed by atoms with Gasteiger partial charge in [0.15, 0.2) is 0 Å². The van der Waals surface area contributed by atoms with Crippen LogP contribution in [0.5, 0.6) is 0 Å². The molecule has 33 heavy (non-hydrogen) atoms. The van der Waals surface area contributed by atoms with Crippen LogP contribution in [0, 0.1) is 10.8 Å². The number of nitrogens with one attached hydrogen (secondary N) is 2. The van der Waals surface area contributed by atoms with Crippen molar-refractivity contribution in [2.24, 2.45) is 10.8 Å². The third-order valence-corrected chi connectivity index (χ3v) is 4.53. The van der Waals surface area contributed by atoms with Crippen LogP contribution in [0.3, 0.4) is 0 Å². The number of aliphatic carboxylic acids is 2. The Hall–Kier alpha value is -1.02. The van der Waals surface area contributed by atoms with Gasteiger partial charge >= 0.3 is 11.9 Å². The van der Waals surface area contributed by atoms with Crippen molar-refractivity contribution in [2.75, 3.05) is 26.3 Å². The zero-order valence-electron chi connectivity index (χ0n) is 19.8. The van der Waals surface area contributed by atoms with Gasteiger partial charge < -0.3 is 41.3 Å². The van der Waals surface area contributed by atoms with Crippen LogP contribution in [-0.4, -0.2) is 131 Å². The van der Waals surface area contributed by atoms with Crippen molar-refractivity contribution >= 4 is 61.5 Å². The van der Waals surface area contributed by atoms with E-state index in [2.05, 4.69) is 10.6 Å². The predicted molar refractivity (Wildman–Crippen MR) is 119 cm³/mol. The van der Waals surface area contributed by atoms with Gasteiger partial charge in [-0.05, 0) is 12.8 Å². The van der Waals surface area contributed by atoms with Gasteiger partial charge in [0.2, 0.25) is 11.8 Å². The van der Waals surface area contributed by atoms with E-state index in [1.807, 2.05) is 0 Å². The molecule has 12 nitrogen and oxygen atoms in total. The molecule has 0 aliphatic rings. The van der Waals surface area contributed by atoms with Crippen LogP contribution < -0.4 is 10.6 Å². The van der Waals surface area contributed by atoms with Gasteiger partial charge in [-0.2, -0.15) is 0 Å². The maximum absolute atomic E-state index is 11.4. The van der Waals surface area contributed by atoms with Crippen LogP contribution in [0.4, 0.5) is 0 Å². The molecule has 190 valence electrons. The fraction of sp³-hybridized carbons (Fsp3) is 0.800. The number of rotatable bonds is 14. The summed E-state index contributed by atoms with van der Waals surface area (Å²) in [6, 6.07) is 0. The molecule has 0 saturated carbocycles. The molecule has 2 amide bonds. The number of hydrogen-bond acceptors (Lipinski definition) is 8. The molecular weight excluding hydrogens is 468 g/mol. The Bertz CT molecular complexity index is 562.